The SMILES string of the molecule is CCCCCCCCCCCCCCCC(C)CCCCCO. The van der Waals surface area contributed by atoms with Crippen LogP contribution in [0.25, 0.3) is 0 Å². The molecule has 1 heteroatoms. The van der Waals surface area contributed by atoms with Crippen molar-refractivity contribution in [2.45, 2.75) is 129 Å². The van der Waals surface area contributed by atoms with Gasteiger partial charge in [-0.1, -0.05) is 123 Å². The molecule has 0 aromatic rings. The highest BCUT2D eigenvalue weighted by atomic mass is 16.2. The monoisotopic (exact) mass is 326 g/mol. The van der Waals surface area contributed by atoms with Gasteiger partial charge in [0.2, 0.25) is 0 Å². The molecule has 0 saturated heterocycles. The molecule has 0 aliphatic carbocycles. The number of aliphatic hydroxyl groups is 1. The maximum absolute atomic E-state index is 8.77. The molecule has 0 heterocycles. The second-order valence-corrected chi connectivity index (χ2v) is 7.71. The van der Waals surface area contributed by atoms with Gasteiger partial charge in [0.1, 0.15) is 0 Å². The molecule has 0 radical (unpaired) electrons. The molecule has 1 nitrogen and oxygen atoms in total. The number of hydrogen-bond acceptors (Lipinski definition) is 1. The first-order valence-corrected chi connectivity index (χ1v) is 10.9. The van der Waals surface area contributed by atoms with Gasteiger partial charge in [-0.2, -0.15) is 0 Å². The zero-order valence-electron chi connectivity index (χ0n) is 16.5. The van der Waals surface area contributed by atoms with Crippen molar-refractivity contribution in [2.75, 3.05) is 6.61 Å². The molecule has 1 atom stereocenters. The molecular weight excluding hydrogens is 280 g/mol. The Balaban J connectivity index is 3.07. The van der Waals surface area contributed by atoms with E-state index in [9.17, 15) is 0 Å². The number of hydrogen-bond donors (Lipinski definition) is 1. The van der Waals surface area contributed by atoms with E-state index in [2.05, 4.69) is 13.8 Å². The molecule has 0 aliphatic heterocycles. The molecule has 0 spiro atoms. The summed E-state index contributed by atoms with van der Waals surface area (Å²) in [6.45, 7) is 5.06. The zero-order valence-corrected chi connectivity index (χ0v) is 16.5. The van der Waals surface area contributed by atoms with Crippen LogP contribution >= 0.6 is 0 Å². The standard InChI is InChI=1S/C22H46O/c1-3-4-5-6-7-8-9-10-11-12-13-14-16-19-22(2)20-17-15-18-21-23/h22-23H,3-21H2,1-2H3. The summed E-state index contributed by atoms with van der Waals surface area (Å²) >= 11 is 0. The predicted octanol–water partition coefficient (Wildman–Crippen LogP) is 7.66. The molecule has 0 rings (SSSR count). The van der Waals surface area contributed by atoms with E-state index < -0.39 is 0 Å². The zero-order chi connectivity index (χ0) is 17.0. The Morgan fingerprint density at radius 2 is 0.870 bits per heavy atom. The summed E-state index contributed by atoms with van der Waals surface area (Å²) in [5, 5.41) is 8.77. The van der Waals surface area contributed by atoms with Gasteiger partial charge in [0.05, 0.1) is 0 Å². The van der Waals surface area contributed by atoms with Crippen LogP contribution in [-0.2, 0) is 0 Å². The highest BCUT2D eigenvalue weighted by Crippen LogP contribution is 2.18. The first-order chi connectivity index (χ1) is 11.3. The lowest BCUT2D eigenvalue weighted by molar-refractivity contribution is 0.280. The number of aliphatic hydroxyl groups excluding tert-OH is 1. The van der Waals surface area contributed by atoms with E-state index in [0.717, 1.165) is 12.3 Å². The van der Waals surface area contributed by atoms with Crippen LogP contribution in [0.5, 0.6) is 0 Å². The first kappa shape index (κ1) is 23.0. The van der Waals surface area contributed by atoms with Crippen LogP contribution in [0.2, 0.25) is 0 Å². The Hall–Kier alpha value is -0.0400. The van der Waals surface area contributed by atoms with E-state index in [4.69, 9.17) is 5.11 Å². The third-order valence-corrected chi connectivity index (χ3v) is 5.16. The van der Waals surface area contributed by atoms with E-state index in [0.29, 0.717) is 6.61 Å². The first-order valence-electron chi connectivity index (χ1n) is 10.9. The molecule has 1 unspecified atom stereocenters. The summed E-state index contributed by atoms with van der Waals surface area (Å²) in [7, 11) is 0. The largest absolute Gasteiger partial charge is 0.396 e. The van der Waals surface area contributed by atoms with Crippen LogP contribution in [0.15, 0.2) is 0 Å². The Labute approximate surface area is 147 Å². The van der Waals surface area contributed by atoms with Crippen LogP contribution in [0.1, 0.15) is 129 Å². The fourth-order valence-corrected chi connectivity index (χ4v) is 3.44. The van der Waals surface area contributed by atoms with Gasteiger partial charge in [0.25, 0.3) is 0 Å². The van der Waals surface area contributed by atoms with Gasteiger partial charge in [0.15, 0.2) is 0 Å². The molecule has 0 saturated carbocycles. The van der Waals surface area contributed by atoms with Gasteiger partial charge < -0.3 is 5.11 Å². The average molecular weight is 327 g/mol. The number of unbranched alkanes of at least 4 members (excludes halogenated alkanes) is 14. The fourth-order valence-electron chi connectivity index (χ4n) is 3.44. The summed E-state index contributed by atoms with van der Waals surface area (Å²) < 4.78 is 0. The van der Waals surface area contributed by atoms with E-state index in [1.165, 1.54) is 109 Å². The van der Waals surface area contributed by atoms with Crippen molar-refractivity contribution in [3.63, 3.8) is 0 Å². The lowest BCUT2D eigenvalue weighted by Crippen LogP contribution is -1.95. The normalized spacial score (nSPS) is 12.7. The summed E-state index contributed by atoms with van der Waals surface area (Å²) in [5.41, 5.74) is 0. The predicted molar refractivity (Wildman–Crippen MR) is 105 cm³/mol. The highest BCUT2D eigenvalue weighted by Gasteiger charge is 2.02. The molecule has 0 aromatic carbocycles. The number of rotatable bonds is 19. The highest BCUT2D eigenvalue weighted by molar-refractivity contribution is 4.55. The Morgan fingerprint density at radius 1 is 0.522 bits per heavy atom. The second kappa shape index (κ2) is 20.0. The minimum atomic E-state index is 0.368. The van der Waals surface area contributed by atoms with Crippen LogP contribution in [0.3, 0.4) is 0 Å². The molecule has 0 fully saturated rings. The molecule has 0 amide bonds. The second-order valence-electron chi connectivity index (χ2n) is 7.71. The van der Waals surface area contributed by atoms with Crippen molar-refractivity contribution in [3.8, 4) is 0 Å². The van der Waals surface area contributed by atoms with Gasteiger partial charge in [-0.3, -0.25) is 0 Å². The minimum absolute atomic E-state index is 0.368. The summed E-state index contributed by atoms with van der Waals surface area (Å²) in [5.74, 6) is 0.890. The van der Waals surface area contributed by atoms with Crippen LogP contribution in [0, 0.1) is 5.92 Å². The van der Waals surface area contributed by atoms with Gasteiger partial charge in [0, 0.05) is 6.61 Å². The van der Waals surface area contributed by atoms with Gasteiger partial charge in [-0.25, -0.2) is 0 Å². The van der Waals surface area contributed by atoms with Crippen LogP contribution in [-0.4, -0.2) is 11.7 Å². The summed E-state index contributed by atoms with van der Waals surface area (Å²) in [4.78, 5) is 0. The lowest BCUT2D eigenvalue weighted by atomic mass is 9.96. The van der Waals surface area contributed by atoms with Gasteiger partial charge in [-0.15, -0.1) is 0 Å². The van der Waals surface area contributed by atoms with Crippen molar-refractivity contribution >= 4 is 0 Å². The van der Waals surface area contributed by atoms with Crippen LogP contribution in [0.4, 0.5) is 0 Å². The molecule has 0 bridgehead atoms. The lowest BCUT2D eigenvalue weighted by Gasteiger charge is -2.10. The third kappa shape index (κ3) is 19.9. The molecule has 0 aliphatic rings. The quantitative estimate of drug-likeness (QED) is 0.242. The third-order valence-electron chi connectivity index (χ3n) is 5.16. The molecular formula is C22H46O. The van der Waals surface area contributed by atoms with E-state index in [1.807, 2.05) is 0 Å². The maximum Gasteiger partial charge on any atom is 0.0431 e. The van der Waals surface area contributed by atoms with Crippen molar-refractivity contribution in [3.05, 3.63) is 0 Å². The van der Waals surface area contributed by atoms with Crippen molar-refractivity contribution in [1.82, 2.24) is 0 Å². The van der Waals surface area contributed by atoms with E-state index >= 15 is 0 Å². The van der Waals surface area contributed by atoms with Crippen molar-refractivity contribution < 1.29 is 5.11 Å². The fraction of sp³-hybridized carbons (Fsp3) is 1.00. The molecule has 0 aromatic heterocycles. The Kier molecular flexibility index (Phi) is 20.0. The minimum Gasteiger partial charge on any atom is -0.396 e. The van der Waals surface area contributed by atoms with Gasteiger partial charge >= 0.3 is 0 Å². The van der Waals surface area contributed by atoms with E-state index in [1.54, 1.807) is 0 Å². The van der Waals surface area contributed by atoms with E-state index in [-0.39, 0.29) is 0 Å². The molecule has 23 heavy (non-hydrogen) atoms. The summed E-state index contributed by atoms with van der Waals surface area (Å²) in [6.07, 6.45) is 25.1. The van der Waals surface area contributed by atoms with Crippen molar-refractivity contribution in [1.29, 1.82) is 0 Å². The Morgan fingerprint density at radius 3 is 1.26 bits per heavy atom. The van der Waals surface area contributed by atoms with Gasteiger partial charge in [-0.05, 0) is 12.3 Å². The Bertz CT molecular complexity index is 202. The summed E-state index contributed by atoms with van der Waals surface area (Å²) in [6, 6.07) is 0. The smallest absolute Gasteiger partial charge is 0.0431 e. The average Bonchev–Trinajstić information content (AvgIpc) is 2.56. The van der Waals surface area contributed by atoms with Crippen molar-refractivity contribution in [2.24, 2.45) is 5.92 Å². The molecule has 140 valence electrons. The maximum atomic E-state index is 8.77. The van der Waals surface area contributed by atoms with Crippen LogP contribution < -0.4 is 0 Å². The molecule has 1 N–H and O–H groups in total. The topological polar surface area (TPSA) is 20.2 Å².